The first-order chi connectivity index (χ1) is 13.1. The van der Waals surface area contributed by atoms with Crippen molar-refractivity contribution in [3.63, 3.8) is 0 Å². The van der Waals surface area contributed by atoms with E-state index < -0.39 is 33.9 Å². The molecule has 0 bridgehead atoms. The van der Waals surface area contributed by atoms with Crippen molar-refractivity contribution in [2.75, 3.05) is 13.1 Å². The summed E-state index contributed by atoms with van der Waals surface area (Å²) in [6, 6.07) is 5.64. The van der Waals surface area contributed by atoms with Gasteiger partial charge in [-0.3, -0.25) is 4.79 Å². The van der Waals surface area contributed by atoms with E-state index in [4.69, 9.17) is 4.42 Å². The lowest BCUT2D eigenvalue weighted by atomic mass is 10.1. The van der Waals surface area contributed by atoms with E-state index in [0.29, 0.717) is 13.1 Å². The highest BCUT2D eigenvalue weighted by atomic mass is 32.2. The molecule has 0 radical (unpaired) electrons. The minimum Gasteiger partial charge on any atom is -0.455 e. The Kier molecular flexibility index (Phi) is 5.53. The number of nitrogens with zero attached hydrogens (tertiary/aromatic N) is 1. The van der Waals surface area contributed by atoms with Crippen molar-refractivity contribution >= 4 is 15.9 Å². The Balaban J connectivity index is 1.87. The number of benzene rings is 1. The largest absolute Gasteiger partial charge is 0.455 e. The molecule has 3 rings (SSSR count). The molecule has 2 heterocycles. The number of sulfonamides is 1. The number of amides is 1. The molecule has 0 aliphatic carbocycles. The monoisotopic (exact) mass is 416 g/mol. The van der Waals surface area contributed by atoms with Gasteiger partial charge < -0.3 is 9.73 Å². The van der Waals surface area contributed by atoms with Gasteiger partial charge in [-0.25, -0.2) is 8.42 Å². The smallest absolute Gasteiger partial charge is 0.412 e. The molecule has 6 nitrogen and oxygen atoms in total. The molecule has 152 valence electrons. The van der Waals surface area contributed by atoms with E-state index in [1.54, 1.807) is 6.07 Å². The summed E-state index contributed by atoms with van der Waals surface area (Å²) in [6.45, 7) is 2.08. The van der Waals surface area contributed by atoms with Crippen molar-refractivity contribution in [2.45, 2.75) is 36.9 Å². The maximum atomic E-state index is 13.4. The second-order valence-corrected chi connectivity index (χ2v) is 8.41. The van der Waals surface area contributed by atoms with E-state index in [2.05, 4.69) is 0 Å². The highest BCUT2D eigenvalue weighted by Gasteiger charge is 2.42. The number of hydrogen-bond donors (Lipinski definition) is 1. The molecule has 1 fully saturated rings. The minimum absolute atomic E-state index is 0.0414. The summed E-state index contributed by atoms with van der Waals surface area (Å²) < 4.78 is 72.0. The fraction of sp³-hybridized carbons (Fsp3) is 0.389. The van der Waals surface area contributed by atoms with Gasteiger partial charge in [0.2, 0.25) is 10.0 Å². The lowest BCUT2D eigenvalue weighted by molar-refractivity contribution is -0.155. The van der Waals surface area contributed by atoms with Gasteiger partial charge in [0, 0.05) is 19.2 Å². The van der Waals surface area contributed by atoms with Crippen molar-refractivity contribution in [1.29, 1.82) is 0 Å². The van der Waals surface area contributed by atoms with Crippen molar-refractivity contribution in [2.24, 2.45) is 0 Å². The van der Waals surface area contributed by atoms with Gasteiger partial charge in [-0.2, -0.15) is 17.5 Å². The number of furan rings is 1. The number of nitrogens with one attached hydrogen (secondary N) is 1. The Morgan fingerprint density at radius 3 is 2.36 bits per heavy atom. The van der Waals surface area contributed by atoms with Crippen LogP contribution in [-0.4, -0.2) is 37.9 Å². The van der Waals surface area contributed by atoms with Crippen molar-refractivity contribution in [3.8, 4) is 0 Å². The van der Waals surface area contributed by atoms with E-state index in [1.807, 2.05) is 5.32 Å². The molecule has 10 heteroatoms. The van der Waals surface area contributed by atoms with Crippen molar-refractivity contribution in [3.05, 3.63) is 53.5 Å². The number of rotatable bonds is 5. The van der Waals surface area contributed by atoms with Crippen LogP contribution in [0.4, 0.5) is 13.2 Å². The summed E-state index contributed by atoms with van der Waals surface area (Å²) in [5, 5.41) is 1.88. The third-order valence-electron chi connectivity index (χ3n) is 4.51. The zero-order chi connectivity index (χ0) is 20.5. The molecule has 0 saturated carbocycles. The van der Waals surface area contributed by atoms with Gasteiger partial charge in [0.25, 0.3) is 5.91 Å². The summed E-state index contributed by atoms with van der Waals surface area (Å²) in [7, 11) is -3.85. The second-order valence-electron chi connectivity index (χ2n) is 6.50. The van der Waals surface area contributed by atoms with Gasteiger partial charge in [-0.1, -0.05) is 30.3 Å². The maximum absolute atomic E-state index is 13.4. The Morgan fingerprint density at radius 1 is 1.18 bits per heavy atom. The molecule has 1 atom stereocenters. The zero-order valence-electron chi connectivity index (χ0n) is 15.0. The highest BCUT2D eigenvalue weighted by molar-refractivity contribution is 7.89. The summed E-state index contributed by atoms with van der Waals surface area (Å²) >= 11 is 0. The van der Waals surface area contributed by atoms with Crippen LogP contribution in [0.25, 0.3) is 0 Å². The zero-order valence-corrected chi connectivity index (χ0v) is 15.8. The number of alkyl halides is 3. The van der Waals surface area contributed by atoms with Crippen LogP contribution >= 0.6 is 0 Å². The third-order valence-corrected chi connectivity index (χ3v) is 6.52. The lowest BCUT2D eigenvalue weighted by Gasteiger charge is -2.21. The van der Waals surface area contributed by atoms with Gasteiger partial charge in [-0.05, 0) is 25.3 Å². The first kappa shape index (κ1) is 20.4. The average Bonchev–Trinajstić information content (AvgIpc) is 3.29. The number of carbonyl (C=O) groups is 1. The summed E-state index contributed by atoms with van der Waals surface area (Å²) in [5.74, 6) is -1.67. The summed E-state index contributed by atoms with van der Waals surface area (Å²) in [6.07, 6.45) is -3.27. The van der Waals surface area contributed by atoms with Crippen LogP contribution in [0.5, 0.6) is 0 Å². The molecule has 1 saturated heterocycles. The van der Waals surface area contributed by atoms with Crippen LogP contribution in [0, 0.1) is 6.92 Å². The molecule has 1 N–H and O–H groups in total. The molecule has 1 amide bonds. The summed E-state index contributed by atoms with van der Waals surface area (Å²) in [4.78, 5) is 12.2. The topological polar surface area (TPSA) is 79.6 Å². The highest BCUT2D eigenvalue weighted by Crippen LogP contribution is 2.33. The molecule has 1 aromatic carbocycles. The first-order valence-electron chi connectivity index (χ1n) is 8.64. The van der Waals surface area contributed by atoms with E-state index in [0.717, 1.165) is 18.9 Å². The number of carbonyl (C=O) groups excluding carboxylic acids is 1. The van der Waals surface area contributed by atoms with Gasteiger partial charge in [0.05, 0.1) is 0 Å². The number of hydrogen-bond acceptors (Lipinski definition) is 4. The van der Waals surface area contributed by atoms with Gasteiger partial charge in [-0.15, -0.1) is 0 Å². The Hall–Kier alpha value is -2.33. The standard InChI is InChI=1S/C18H19F3N2O4S/c1-12-15(28(25,26)23-9-5-6-10-23)11-14(27-12)17(24)22-16(18(19,20)21)13-7-3-2-4-8-13/h2-4,7-8,11,16H,5-6,9-10H2,1H3,(H,22,24). The molecular formula is C18H19F3N2O4S. The Bertz CT molecular complexity index is 949. The predicted octanol–water partition coefficient (Wildman–Crippen LogP) is 3.41. The van der Waals surface area contributed by atoms with Crippen molar-refractivity contribution < 1.29 is 30.8 Å². The van der Waals surface area contributed by atoms with Gasteiger partial charge in [0.15, 0.2) is 11.8 Å². The summed E-state index contributed by atoms with van der Waals surface area (Å²) in [5.41, 5.74) is -0.142. The van der Waals surface area contributed by atoms with Crippen LogP contribution < -0.4 is 5.32 Å². The van der Waals surface area contributed by atoms with Crippen LogP contribution in [-0.2, 0) is 10.0 Å². The molecule has 1 unspecified atom stereocenters. The van der Waals surface area contributed by atoms with Gasteiger partial charge >= 0.3 is 6.18 Å². The van der Waals surface area contributed by atoms with Crippen LogP contribution in [0.15, 0.2) is 45.7 Å². The fourth-order valence-electron chi connectivity index (χ4n) is 3.10. The third kappa shape index (κ3) is 4.07. The number of halogens is 3. The average molecular weight is 416 g/mol. The molecule has 0 spiro atoms. The minimum atomic E-state index is -4.73. The van der Waals surface area contributed by atoms with Crippen LogP contribution in [0.2, 0.25) is 0 Å². The molecule has 1 aliphatic rings. The fourth-order valence-corrected chi connectivity index (χ4v) is 4.78. The van der Waals surface area contributed by atoms with Gasteiger partial charge in [0.1, 0.15) is 10.7 Å². The Labute approximate surface area is 160 Å². The van der Waals surface area contributed by atoms with E-state index in [9.17, 15) is 26.4 Å². The first-order valence-corrected chi connectivity index (χ1v) is 10.1. The van der Waals surface area contributed by atoms with Crippen LogP contribution in [0.3, 0.4) is 0 Å². The maximum Gasteiger partial charge on any atom is 0.412 e. The molecule has 28 heavy (non-hydrogen) atoms. The molecular weight excluding hydrogens is 397 g/mol. The Morgan fingerprint density at radius 2 is 1.79 bits per heavy atom. The predicted molar refractivity (Wildman–Crippen MR) is 94.1 cm³/mol. The van der Waals surface area contributed by atoms with E-state index >= 15 is 0 Å². The quantitative estimate of drug-likeness (QED) is 0.810. The normalized spacial score (nSPS) is 16.9. The molecule has 1 aromatic heterocycles. The SMILES string of the molecule is Cc1oc(C(=O)NC(c2ccccc2)C(F)(F)F)cc1S(=O)(=O)N1CCCC1. The lowest BCUT2D eigenvalue weighted by Crippen LogP contribution is -2.38. The number of aryl methyl sites for hydroxylation is 1. The molecule has 1 aliphatic heterocycles. The molecule has 2 aromatic rings. The van der Waals surface area contributed by atoms with Crippen molar-refractivity contribution in [1.82, 2.24) is 9.62 Å². The van der Waals surface area contributed by atoms with E-state index in [1.165, 1.54) is 35.5 Å². The van der Waals surface area contributed by atoms with E-state index in [-0.39, 0.29) is 16.2 Å². The second kappa shape index (κ2) is 7.59. The van der Waals surface area contributed by atoms with Crippen LogP contribution in [0.1, 0.15) is 40.8 Å².